The molecule has 26 heavy (non-hydrogen) atoms. The minimum Gasteiger partial charge on any atom is -0.284 e. The standard InChI is InChI=1S/C19H21N3O3S/c1-3-26(24,25)21-17-11-9-15(10-12-17)18-13-19(22(20-18)14(2)23)16-7-5-4-6-8-16/h4-12,19,21H,3,13H2,1-2H3. The zero-order valence-electron chi connectivity index (χ0n) is 14.7. The highest BCUT2D eigenvalue weighted by molar-refractivity contribution is 7.92. The summed E-state index contributed by atoms with van der Waals surface area (Å²) in [5, 5.41) is 6.01. The highest BCUT2D eigenvalue weighted by Crippen LogP contribution is 2.32. The first kappa shape index (κ1) is 18.1. The first-order valence-corrected chi connectivity index (χ1v) is 10.1. The Balaban J connectivity index is 1.83. The van der Waals surface area contributed by atoms with Crippen LogP contribution in [0.25, 0.3) is 0 Å². The van der Waals surface area contributed by atoms with Crippen molar-refractivity contribution in [1.29, 1.82) is 0 Å². The van der Waals surface area contributed by atoms with Crippen LogP contribution in [0.1, 0.15) is 37.4 Å². The monoisotopic (exact) mass is 371 g/mol. The summed E-state index contributed by atoms with van der Waals surface area (Å²) in [6.07, 6.45) is 0.615. The van der Waals surface area contributed by atoms with Gasteiger partial charge in [-0.3, -0.25) is 9.52 Å². The van der Waals surface area contributed by atoms with E-state index in [9.17, 15) is 13.2 Å². The van der Waals surface area contributed by atoms with Crippen LogP contribution in [0.15, 0.2) is 59.7 Å². The molecule has 0 bridgehead atoms. The summed E-state index contributed by atoms with van der Waals surface area (Å²) in [4.78, 5) is 12.0. The van der Waals surface area contributed by atoms with Gasteiger partial charge in [0.2, 0.25) is 15.9 Å². The van der Waals surface area contributed by atoms with Crippen molar-refractivity contribution in [2.75, 3.05) is 10.5 Å². The van der Waals surface area contributed by atoms with Crippen LogP contribution < -0.4 is 4.72 Å². The van der Waals surface area contributed by atoms with Crippen LogP contribution in [0.2, 0.25) is 0 Å². The summed E-state index contributed by atoms with van der Waals surface area (Å²) >= 11 is 0. The normalized spacial score (nSPS) is 17.1. The molecule has 0 aromatic heterocycles. The molecule has 6 nitrogen and oxygen atoms in total. The SMILES string of the molecule is CCS(=O)(=O)Nc1ccc(C2=NN(C(C)=O)C(c3ccccc3)C2)cc1. The van der Waals surface area contributed by atoms with Gasteiger partial charge in [0.15, 0.2) is 0 Å². The van der Waals surface area contributed by atoms with Gasteiger partial charge in [-0.05, 0) is 30.2 Å². The number of carbonyl (C=O) groups is 1. The molecule has 1 aliphatic heterocycles. The average Bonchev–Trinajstić information content (AvgIpc) is 3.08. The molecule has 1 aliphatic rings. The van der Waals surface area contributed by atoms with Gasteiger partial charge in [0.05, 0.1) is 17.5 Å². The molecule has 3 rings (SSSR count). The van der Waals surface area contributed by atoms with Crippen molar-refractivity contribution in [3.63, 3.8) is 0 Å². The zero-order valence-corrected chi connectivity index (χ0v) is 15.5. The fourth-order valence-corrected chi connectivity index (χ4v) is 3.53. The Morgan fingerprint density at radius 1 is 1.15 bits per heavy atom. The third-order valence-corrected chi connectivity index (χ3v) is 5.60. The summed E-state index contributed by atoms with van der Waals surface area (Å²) in [5.41, 5.74) is 3.22. The lowest BCUT2D eigenvalue weighted by atomic mass is 9.98. The predicted octanol–water partition coefficient (Wildman–Crippen LogP) is 3.15. The number of benzene rings is 2. The fourth-order valence-electron chi connectivity index (χ4n) is 2.89. The fraction of sp³-hybridized carbons (Fsp3) is 0.263. The molecule has 0 spiro atoms. The topological polar surface area (TPSA) is 78.8 Å². The molecule has 1 amide bonds. The van der Waals surface area contributed by atoms with Gasteiger partial charge in [0, 0.05) is 19.0 Å². The van der Waals surface area contributed by atoms with Crippen molar-refractivity contribution >= 4 is 27.3 Å². The minimum absolute atomic E-state index is 0.0216. The first-order valence-electron chi connectivity index (χ1n) is 8.43. The summed E-state index contributed by atoms with van der Waals surface area (Å²) < 4.78 is 25.8. The Morgan fingerprint density at radius 2 is 1.81 bits per heavy atom. The van der Waals surface area contributed by atoms with Crippen LogP contribution in [0.5, 0.6) is 0 Å². The van der Waals surface area contributed by atoms with E-state index in [2.05, 4.69) is 9.82 Å². The van der Waals surface area contributed by atoms with E-state index in [0.717, 1.165) is 16.8 Å². The lowest BCUT2D eigenvalue weighted by Gasteiger charge is -2.20. The number of carbonyl (C=O) groups excluding carboxylic acids is 1. The number of anilines is 1. The predicted molar refractivity (Wildman–Crippen MR) is 102 cm³/mol. The molecule has 1 atom stereocenters. The van der Waals surface area contributed by atoms with Gasteiger partial charge < -0.3 is 0 Å². The third-order valence-electron chi connectivity index (χ3n) is 4.29. The molecule has 7 heteroatoms. The molecular weight excluding hydrogens is 350 g/mol. The van der Waals surface area contributed by atoms with E-state index in [4.69, 9.17) is 0 Å². The number of hydrazone groups is 1. The molecule has 1 N–H and O–H groups in total. The molecule has 0 radical (unpaired) electrons. The lowest BCUT2D eigenvalue weighted by Crippen LogP contribution is -2.24. The quantitative estimate of drug-likeness (QED) is 0.877. The second kappa shape index (κ2) is 7.29. The molecule has 2 aromatic carbocycles. The minimum atomic E-state index is -3.30. The largest absolute Gasteiger partial charge is 0.284 e. The Labute approximate surface area is 153 Å². The van der Waals surface area contributed by atoms with Crippen LogP contribution >= 0.6 is 0 Å². The van der Waals surface area contributed by atoms with E-state index in [1.807, 2.05) is 42.5 Å². The van der Waals surface area contributed by atoms with Crippen LogP contribution in [0, 0.1) is 0 Å². The molecule has 1 unspecified atom stereocenters. The summed E-state index contributed by atoms with van der Waals surface area (Å²) in [6.45, 7) is 3.09. The van der Waals surface area contributed by atoms with Crippen LogP contribution in [0.4, 0.5) is 5.69 Å². The van der Waals surface area contributed by atoms with Crippen molar-refractivity contribution in [3.05, 3.63) is 65.7 Å². The zero-order chi connectivity index (χ0) is 18.7. The van der Waals surface area contributed by atoms with Gasteiger partial charge in [-0.1, -0.05) is 42.5 Å². The Hall–Kier alpha value is -2.67. The highest BCUT2D eigenvalue weighted by Gasteiger charge is 2.31. The Morgan fingerprint density at radius 3 is 2.38 bits per heavy atom. The summed E-state index contributed by atoms with van der Waals surface area (Å²) in [5.74, 6) is -0.0884. The van der Waals surface area contributed by atoms with Crippen molar-refractivity contribution < 1.29 is 13.2 Å². The van der Waals surface area contributed by atoms with E-state index in [-0.39, 0.29) is 17.7 Å². The number of sulfonamides is 1. The van der Waals surface area contributed by atoms with E-state index in [1.165, 1.54) is 11.9 Å². The molecule has 136 valence electrons. The van der Waals surface area contributed by atoms with Gasteiger partial charge in [-0.25, -0.2) is 13.4 Å². The number of nitrogens with one attached hydrogen (secondary N) is 1. The first-order chi connectivity index (χ1) is 12.4. The number of hydrogen-bond donors (Lipinski definition) is 1. The van der Waals surface area contributed by atoms with Gasteiger partial charge in [-0.2, -0.15) is 5.10 Å². The van der Waals surface area contributed by atoms with Crippen LogP contribution in [0.3, 0.4) is 0 Å². The summed E-state index contributed by atoms with van der Waals surface area (Å²) in [7, 11) is -3.30. The molecule has 1 heterocycles. The maximum absolute atomic E-state index is 12.0. The third kappa shape index (κ3) is 3.94. The van der Waals surface area contributed by atoms with Crippen LogP contribution in [-0.2, 0) is 14.8 Å². The van der Waals surface area contributed by atoms with Crippen molar-refractivity contribution in [2.45, 2.75) is 26.3 Å². The van der Waals surface area contributed by atoms with E-state index in [1.54, 1.807) is 19.1 Å². The number of amides is 1. The molecule has 2 aromatic rings. The Kier molecular flexibility index (Phi) is 5.08. The van der Waals surface area contributed by atoms with Gasteiger partial charge >= 0.3 is 0 Å². The van der Waals surface area contributed by atoms with E-state index in [0.29, 0.717) is 12.1 Å². The molecule has 0 aliphatic carbocycles. The van der Waals surface area contributed by atoms with Crippen molar-refractivity contribution in [1.82, 2.24) is 5.01 Å². The maximum atomic E-state index is 12.0. The number of rotatable bonds is 5. The van der Waals surface area contributed by atoms with Crippen molar-refractivity contribution in [3.8, 4) is 0 Å². The smallest absolute Gasteiger partial charge is 0.240 e. The van der Waals surface area contributed by atoms with Crippen LogP contribution in [-0.4, -0.2) is 30.8 Å². The van der Waals surface area contributed by atoms with Crippen molar-refractivity contribution in [2.24, 2.45) is 5.10 Å². The number of nitrogens with zero attached hydrogens (tertiary/aromatic N) is 2. The van der Waals surface area contributed by atoms with Gasteiger partial charge in [0.25, 0.3) is 0 Å². The second-order valence-electron chi connectivity index (χ2n) is 6.12. The Bertz CT molecular complexity index is 922. The van der Waals surface area contributed by atoms with E-state index < -0.39 is 10.0 Å². The molecular formula is C19H21N3O3S. The maximum Gasteiger partial charge on any atom is 0.240 e. The molecule has 0 saturated heterocycles. The molecule has 0 saturated carbocycles. The summed E-state index contributed by atoms with van der Waals surface area (Å²) in [6, 6.07) is 16.7. The number of hydrogen-bond acceptors (Lipinski definition) is 4. The second-order valence-corrected chi connectivity index (χ2v) is 8.13. The molecule has 0 fully saturated rings. The average molecular weight is 371 g/mol. The van der Waals surface area contributed by atoms with E-state index >= 15 is 0 Å². The lowest BCUT2D eigenvalue weighted by molar-refractivity contribution is -0.130. The van der Waals surface area contributed by atoms with Gasteiger partial charge in [0.1, 0.15) is 0 Å². The van der Waals surface area contributed by atoms with Gasteiger partial charge in [-0.15, -0.1) is 0 Å². The highest BCUT2D eigenvalue weighted by atomic mass is 32.2.